The summed E-state index contributed by atoms with van der Waals surface area (Å²) >= 11 is 0. The average molecular weight is 271 g/mol. The quantitative estimate of drug-likeness (QED) is 0.507. The van der Waals surface area contributed by atoms with Crippen LogP contribution in [0.1, 0.15) is 78.6 Å². The molecule has 0 radical (unpaired) electrons. The molecule has 3 nitrogen and oxygen atoms in total. The maximum atomic E-state index is 10.5. The van der Waals surface area contributed by atoms with Crippen molar-refractivity contribution < 1.29 is 9.90 Å². The van der Waals surface area contributed by atoms with Gasteiger partial charge in [0.2, 0.25) is 0 Å². The van der Waals surface area contributed by atoms with Gasteiger partial charge in [-0.2, -0.15) is 0 Å². The molecule has 0 spiro atoms. The number of carboxylic acid groups (broad SMARTS) is 1. The molecular formula is C16H33NO2. The minimum Gasteiger partial charge on any atom is -0.481 e. The largest absolute Gasteiger partial charge is 0.481 e. The molecule has 0 aliphatic rings. The lowest BCUT2D eigenvalue weighted by Gasteiger charge is -2.26. The van der Waals surface area contributed by atoms with Gasteiger partial charge in [-0.1, -0.05) is 45.4 Å². The summed E-state index contributed by atoms with van der Waals surface area (Å²) < 4.78 is 0. The average Bonchev–Trinajstić information content (AvgIpc) is 2.34. The van der Waals surface area contributed by atoms with Crippen molar-refractivity contribution in [3.63, 3.8) is 0 Å². The van der Waals surface area contributed by atoms with E-state index >= 15 is 0 Å². The number of unbranched alkanes of at least 4 members (excludes halogenated alkanes) is 6. The predicted octanol–water partition coefficient (Wildman–Crippen LogP) is 4.31. The Morgan fingerprint density at radius 1 is 0.947 bits per heavy atom. The molecule has 0 saturated carbocycles. The standard InChI is InChI=1S/C16H33NO2/c1-4-5-6-7-8-9-10-13-17(15(2)3)14-11-12-16(18)19/h15H,4-14H2,1-3H3,(H,18,19). The summed E-state index contributed by atoms with van der Waals surface area (Å²) in [5.41, 5.74) is 0. The van der Waals surface area contributed by atoms with E-state index in [1.54, 1.807) is 0 Å². The fraction of sp³-hybridized carbons (Fsp3) is 0.938. The van der Waals surface area contributed by atoms with E-state index in [1.807, 2.05) is 0 Å². The first kappa shape index (κ1) is 18.4. The molecular weight excluding hydrogens is 238 g/mol. The van der Waals surface area contributed by atoms with Crippen molar-refractivity contribution in [2.24, 2.45) is 0 Å². The molecule has 0 aliphatic heterocycles. The number of carboxylic acids is 1. The molecule has 0 aromatic rings. The van der Waals surface area contributed by atoms with E-state index in [2.05, 4.69) is 25.7 Å². The maximum Gasteiger partial charge on any atom is 0.303 e. The molecule has 0 fully saturated rings. The van der Waals surface area contributed by atoms with Gasteiger partial charge in [-0.3, -0.25) is 4.79 Å². The second-order valence-corrected chi connectivity index (χ2v) is 5.75. The van der Waals surface area contributed by atoms with Crippen LogP contribution in [-0.4, -0.2) is 35.1 Å². The first-order chi connectivity index (χ1) is 9.07. The predicted molar refractivity (Wildman–Crippen MR) is 81.6 cm³/mol. The lowest BCUT2D eigenvalue weighted by atomic mass is 10.1. The van der Waals surface area contributed by atoms with Crippen molar-refractivity contribution in [1.82, 2.24) is 4.90 Å². The minimum atomic E-state index is -0.681. The Morgan fingerprint density at radius 2 is 1.47 bits per heavy atom. The van der Waals surface area contributed by atoms with E-state index in [1.165, 1.54) is 44.9 Å². The molecule has 0 bridgehead atoms. The molecule has 0 rings (SSSR count). The van der Waals surface area contributed by atoms with Gasteiger partial charge in [-0.25, -0.2) is 0 Å². The van der Waals surface area contributed by atoms with Crippen molar-refractivity contribution in [3.05, 3.63) is 0 Å². The second kappa shape index (κ2) is 12.5. The van der Waals surface area contributed by atoms with Gasteiger partial charge in [0, 0.05) is 12.5 Å². The summed E-state index contributed by atoms with van der Waals surface area (Å²) in [4.78, 5) is 12.9. The van der Waals surface area contributed by atoms with Gasteiger partial charge >= 0.3 is 5.97 Å². The van der Waals surface area contributed by atoms with E-state index < -0.39 is 5.97 Å². The van der Waals surface area contributed by atoms with Crippen molar-refractivity contribution in [2.75, 3.05) is 13.1 Å². The van der Waals surface area contributed by atoms with Crippen LogP contribution in [0, 0.1) is 0 Å². The Balaban J connectivity index is 3.56. The highest BCUT2D eigenvalue weighted by Gasteiger charge is 2.09. The summed E-state index contributed by atoms with van der Waals surface area (Å²) in [6.45, 7) is 8.67. The van der Waals surface area contributed by atoms with Gasteiger partial charge in [0.1, 0.15) is 0 Å². The van der Waals surface area contributed by atoms with Gasteiger partial charge in [0.25, 0.3) is 0 Å². The first-order valence-corrected chi connectivity index (χ1v) is 8.03. The summed E-state index contributed by atoms with van der Waals surface area (Å²) in [7, 11) is 0. The van der Waals surface area contributed by atoms with Crippen LogP contribution in [0.3, 0.4) is 0 Å². The van der Waals surface area contributed by atoms with Crippen LogP contribution in [0.25, 0.3) is 0 Å². The van der Waals surface area contributed by atoms with Gasteiger partial charge in [-0.05, 0) is 39.8 Å². The fourth-order valence-corrected chi connectivity index (χ4v) is 2.33. The van der Waals surface area contributed by atoms with E-state index in [-0.39, 0.29) is 0 Å². The van der Waals surface area contributed by atoms with Crippen LogP contribution in [0.4, 0.5) is 0 Å². The zero-order chi connectivity index (χ0) is 14.5. The zero-order valence-corrected chi connectivity index (χ0v) is 13.2. The number of nitrogens with zero attached hydrogens (tertiary/aromatic N) is 1. The molecule has 3 heteroatoms. The summed E-state index contributed by atoms with van der Waals surface area (Å²) in [5.74, 6) is -0.681. The third kappa shape index (κ3) is 12.2. The van der Waals surface area contributed by atoms with Crippen LogP contribution in [0.15, 0.2) is 0 Å². The van der Waals surface area contributed by atoms with E-state index in [9.17, 15) is 4.79 Å². The second-order valence-electron chi connectivity index (χ2n) is 5.75. The number of aliphatic carboxylic acids is 1. The van der Waals surface area contributed by atoms with E-state index in [4.69, 9.17) is 5.11 Å². The number of hydrogen-bond acceptors (Lipinski definition) is 2. The van der Waals surface area contributed by atoms with Crippen LogP contribution in [-0.2, 0) is 4.79 Å². The number of rotatable bonds is 13. The summed E-state index contributed by atoms with van der Waals surface area (Å²) in [6.07, 6.45) is 10.4. The van der Waals surface area contributed by atoms with Gasteiger partial charge in [0.15, 0.2) is 0 Å². The fourth-order valence-electron chi connectivity index (χ4n) is 2.33. The number of hydrogen-bond donors (Lipinski definition) is 1. The Labute approximate surface area is 119 Å². The molecule has 0 unspecified atom stereocenters. The van der Waals surface area contributed by atoms with Crippen molar-refractivity contribution >= 4 is 5.97 Å². The van der Waals surface area contributed by atoms with Gasteiger partial charge in [0.05, 0.1) is 0 Å². The molecule has 19 heavy (non-hydrogen) atoms. The van der Waals surface area contributed by atoms with Crippen LogP contribution in [0.2, 0.25) is 0 Å². The first-order valence-electron chi connectivity index (χ1n) is 8.03. The maximum absolute atomic E-state index is 10.5. The van der Waals surface area contributed by atoms with Crippen LogP contribution < -0.4 is 0 Å². The van der Waals surface area contributed by atoms with Gasteiger partial charge < -0.3 is 10.0 Å². The zero-order valence-electron chi connectivity index (χ0n) is 13.2. The monoisotopic (exact) mass is 271 g/mol. The van der Waals surface area contributed by atoms with Crippen molar-refractivity contribution in [3.8, 4) is 0 Å². The topological polar surface area (TPSA) is 40.5 Å². The molecule has 1 N–H and O–H groups in total. The molecule has 0 aromatic heterocycles. The molecule has 0 saturated heterocycles. The van der Waals surface area contributed by atoms with Crippen molar-refractivity contribution in [2.45, 2.75) is 84.6 Å². The lowest BCUT2D eigenvalue weighted by Crippen LogP contribution is -2.33. The normalized spacial score (nSPS) is 11.4. The molecule has 114 valence electrons. The highest BCUT2D eigenvalue weighted by molar-refractivity contribution is 5.66. The van der Waals surface area contributed by atoms with Crippen LogP contribution in [0.5, 0.6) is 0 Å². The Bertz CT molecular complexity index is 217. The number of carbonyl (C=O) groups is 1. The summed E-state index contributed by atoms with van der Waals surface area (Å²) in [5, 5.41) is 8.66. The Morgan fingerprint density at radius 3 is 2.00 bits per heavy atom. The molecule has 0 aliphatic carbocycles. The Hall–Kier alpha value is -0.570. The molecule has 0 amide bonds. The third-order valence-corrected chi connectivity index (χ3v) is 3.62. The smallest absolute Gasteiger partial charge is 0.303 e. The Kier molecular flexibility index (Phi) is 12.1. The molecule has 0 heterocycles. The third-order valence-electron chi connectivity index (χ3n) is 3.62. The SMILES string of the molecule is CCCCCCCCCN(CCCC(=O)O)C(C)C. The van der Waals surface area contributed by atoms with Crippen molar-refractivity contribution in [1.29, 1.82) is 0 Å². The van der Waals surface area contributed by atoms with E-state index in [0.29, 0.717) is 12.5 Å². The molecule has 0 atom stereocenters. The van der Waals surface area contributed by atoms with Gasteiger partial charge in [-0.15, -0.1) is 0 Å². The lowest BCUT2D eigenvalue weighted by molar-refractivity contribution is -0.137. The minimum absolute atomic E-state index is 0.292. The van der Waals surface area contributed by atoms with E-state index in [0.717, 1.165) is 19.5 Å². The highest BCUT2D eigenvalue weighted by atomic mass is 16.4. The molecule has 0 aromatic carbocycles. The van der Waals surface area contributed by atoms with Crippen LogP contribution >= 0.6 is 0 Å². The highest BCUT2D eigenvalue weighted by Crippen LogP contribution is 2.09. The summed E-state index contributed by atoms with van der Waals surface area (Å²) in [6, 6.07) is 0.522.